The van der Waals surface area contributed by atoms with Gasteiger partial charge in [0.15, 0.2) is 12.4 Å². The van der Waals surface area contributed by atoms with Gasteiger partial charge < -0.3 is 44.5 Å². The quantitative estimate of drug-likeness (QED) is 0.173. The molecule has 0 saturated carbocycles. The Morgan fingerprint density at radius 2 is 1.89 bits per heavy atom. The van der Waals surface area contributed by atoms with Crippen molar-refractivity contribution in [1.82, 2.24) is 0 Å². The van der Waals surface area contributed by atoms with Crippen molar-refractivity contribution in [3.63, 3.8) is 0 Å². The molecular weight excluding hydrogens is 476 g/mol. The predicted octanol–water partition coefficient (Wildman–Crippen LogP) is -0.0483. The molecule has 2 saturated heterocycles. The van der Waals surface area contributed by atoms with E-state index in [4.69, 9.17) is 18.9 Å². The molecule has 2 fully saturated rings. The zero-order valence-electron chi connectivity index (χ0n) is 19.6. The number of aromatic hydroxyl groups is 1. The van der Waals surface area contributed by atoms with Gasteiger partial charge in [0.1, 0.15) is 36.3 Å². The molecule has 11 heteroatoms. The van der Waals surface area contributed by atoms with Gasteiger partial charge >= 0.3 is 11.9 Å². The minimum absolute atomic E-state index is 0.0996. The Balaban J connectivity index is 1.57. The number of phenols is 1. The van der Waals surface area contributed by atoms with Crippen LogP contribution in [0.4, 0.5) is 0 Å². The first-order valence-electron chi connectivity index (χ1n) is 11.3. The predicted molar refractivity (Wildman–Crippen MR) is 124 cm³/mol. The number of hydrogen-bond donors (Lipinski definition) is 5. The maximum Gasteiger partial charge on any atom is 0.334 e. The van der Waals surface area contributed by atoms with Gasteiger partial charge in [0, 0.05) is 18.1 Å². The fourth-order valence-corrected chi connectivity index (χ4v) is 3.75. The van der Waals surface area contributed by atoms with E-state index >= 15 is 0 Å². The van der Waals surface area contributed by atoms with Crippen LogP contribution in [0, 0.1) is 0 Å². The van der Waals surface area contributed by atoms with Gasteiger partial charge in [-0.1, -0.05) is 18.7 Å². The first kappa shape index (κ1) is 27.5. The molecule has 1 aromatic rings. The lowest BCUT2D eigenvalue weighted by Crippen LogP contribution is -2.59. The summed E-state index contributed by atoms with van der Waals surface area (Å²) < 4.78 is 21.5. The summed E-state index contributed by atoms with van der Waals surface area (Å²) >= 11 is 0. The monoisotopic (exact) mass is 506 g/mol. The van der Waals surface area contributed by atoms with Crippen molar-refractivity contribution in [1.29, 1.82) is 0 Å². The molecule has 11 nitrogen and oxygen atoms in total. The minimum Gasteiger partial charge on any atom is -0.508 e. The highest BCUT2D eigenvalue weighted by molar-refractivity contribution is 5.91. The third-order valence-electron chi connectivity index (χ3n) is 5.75. The first-order valence-corrected chi connectivity index (χ1v) is 11.3. The van der Waals surface area contributed by atoms with Crippen LogP contribution in [0.25, 0.3) is 6.08 Å². The second-order valence-corrected chi connectivity index (χ2v) is 8.54. The van der Waals surface area contributed by atoms with Crippen LogP contribution in [0.3, 0.4) is 0 Å². The number of benzene rings is 1. The first-order chi connectivity index (χ1) is 17.1. The van der Waals surface area contributed by atoms with E-state index in [0.29, 0.717) is 11.1 Å². The second-order valence-electron chi connectivity index (χ2n) is 8.54. The Labute approximate surface area is 207 Å². The number of carbonyl (C=O) groups is 2. The molecule has 7 atom stereocenters. The van der Waals surface area contributed by atoms with Crippen molar-refractivity contribution in [3.8, 4) is 5.75 Å². The van der Waals surface area contributed by atoms with E-state index in [1.807, 2.05) is 0 Å². The van der Waals surface area contributed by atoms with Crippen LogP contribution in [0.1, 0.15) is 18.9 Å². The summed E-state index contributed by atoms with van der Waals surface area (Å²) in [6, 6.07) is 6.21. The average Bonchev–Trinajstić information content (AvgIpc) is 3.21. The number of rotatable bonds is 9. The average molecular weight is 507 g/mol. The Morgan fingerprint density at radius 3 is 2.53 bits per heavy atom. The van der Waals surface area contributed by atoms with Crippen molar-refractivity contribution in [2.75, 3.05) is 13.2 Å². The molecule has 2 heterocycles. The molecule has 0 bridgehead atoms. The largest absolute Gasteiger partial charge is 0.508 e. The van der Waals surface area contributed by atoms with Gasteiger partial charge in [-0.25, -0.2) is 9.59 Å². The minimum atomic E-state index is -1.58. The van der Waals surface area contributed by atoms with Crippen LogP contribution in [0.2, 0.25) is 0 Å². The molecular formula is C25H30O11. The molecule has 0 unspecified atom stereocenters. The lowest BCUT2D eigenvalue weighted by atomic mass is 9.99. The van der Waals surface area contributed by atoms with Gasteiger partial charge in [0.05, 0.1) is 13.2 Å². The molecule has 1 aromatic carbocycles. The van der Waals surface area contributed by atoms with Crippen molar-refractivity contribution in [3.05, 3.63) is 59.7 Å². The van der Waals surface area contributed by atoms with Gasteiger partial charge in [-0.3, -0.25) is 0 Å². The number of aliphatic hydroxyl groups excluding tert-OH is 4. The zero-order chi connectivity index (χ0) is 26.4. The second kappa shape index (κ2) is 12.3. The van der Waals surface area contributed by atoms with Crippen molar-refractivity contribution >= 4 is 18.0 Å². The summed E-state index contributed by atoms with van der Waals surface area (Å²) in [4.78, 5) is 24.7. The summed E-state index contributed by atoms with van der Waals surface area (Å²) in [5.74, 6) is -1.21. The Morgan fingerprint density at radius 1 is 1.19 bits per heavy atom. The molecule has 0 aliphatic carbocycles. The number of carbonyl (C=O) groups excluding carboxylic acids is 2. The maximum absolute atomic E-state index is 12.3. The van der Waals surface area contributed by atoms with Crippen molar-refractivity contribution < 1.29 is 54.1 Å². The molecule has 0 aromatic heterocycles. The summed E-state index contributed by atoms with van der Waals surface area (Å²) in [6.07, 6.45) is -4.58. The molecule has 0 spiro atoms. The third-order valence-corrected chi connectivity index (χ3v) is 5.75. The van der Waals surface area contributed by atoms with E-state index in [0.717, 1.165) is 0 Å². The van der Waals surface area contributed by atoms with E-state index in [-0.39, 0.29) is 24.4 Å². The van der Waals surface area contributed by atoms with Crippen molar-refractivity contribution in [2.24, 2.45) is 0 Å². The van der Waals surface area contributed by atoms with Crippen LogP contribution in [-0.4, -0.2) is 93.6 Å². The topological polar surface area (TPSA) is 172 Å². The van der Waals surface area contributed by atoms with E-state index in [1.165, 1.54) is 30.4 Å². The van der Waals surface area contributed by atoms with Gasteiger partial charge in [-0.05, 0) is 42.3 Å². The Hall–Kier alpha value is -3.06. The van der Waals surface area contributed by atoms with Crippen LogP contribution in [0.15, 0.2) is 54.1 Å². The van der Waals surface area contributed by atoms with Gasteiger partial charge in [-0.2, -0.15) is 0 Å². The fraction of sp³-hybridized carbons (Fsp3) is 0.440. The fourth-order valence-electron chi connectivity index (χ4n) is 3.75. The van der Waals surface area contributed by atoms with Gasteiger partial charge in [-0.15, -0.1) is 0 Å². The Bertz CT molecular complexity index is 998. The number of cyclic esters (lactones) is 1. The molecule has 196 valence electrons. The smallest absolute Gasteiger partial charge is 0.334 e. The van der Waals surface area contributed by atoms with Gasteiger partial charge in [0.2, 0.25) is 0 Å². The maximum atomic E-state index is 12.3. The molecule has 0 amide bonds. The molecule has 36 heavy (non-hydrogen) atoms. The van der Waals surface area contributed by atoms with E-state index in [2.05, 4.69) is 6.58 Å². The van der Waals surface area contributed by atoms with Crippen LogP contribution < -0.4 is 0 Å². The summed E-state index contributed by atoms with van der Waals surface area (Å²) in [5.41, 5.74) is 1.39. The number of hydrogen-bond acceptors (Lipinski definition) is 11. The number of phenolic OH excluding ortho intramolecular Hbond substituents is 1. The number of esters is 2. The van der Waals surface area contributed by atoms with Crippen LogP contribution >= 0.6 is 0 Å². The molecule has 3 rings (SSSR count). The molecule has 2 aliphatic heterocycles. The molecule has 2 aliphatic rings. The summed E-state index contributed by atoms with van der Waals surface area (Å²) in [6.45, 7) is 4.66. The molecule has 5 N–H and O–H groups in total. The van der Waals surface area contributed by atoms with E-state index in [9.17, 15) is 35.1 Å². The SMILES string of the molecule is C=C(C)[C@H](OC(=O)/C=C/c1ccc(O)cc1)[C@@H]1C/C(=C/CO[C@@H]2O[C@H](CO)[C@@H](O)[C@H](O)[C@H]2O)C(=O)O1. The summed E-state index contributed by atoms with van der Waals surface area (Å²) in [5, 5.41) is 48.2. The number of aliphatic hydroxyl groups is 4. The highest BCUT2D eigenvalue weighted by Gasteiger charge is 2.44. The van der Waals surface area contributed by atoms with Crippen molar-refractivity contribution in [2.45, 2.75) is 56.3 Å². The van der Waals surface area contributed by atoms with E-state index in [1.54, 1.807) is 19.1 Å². The van der Waals surface area contributed by atoms with Crippen LogP contribution in [0.5, 0.6) is 5.75 Å². The van der Waals surface area contributed by atoms with Crippen LogP contribution in [-0.2, 0) is 28.5 Å². The van der Waals surface area contributed by atoms with E-state index < -0.39 is 61.5 Å². The van der Waals surface area contributed by atoms with Gasteiger partial charge in [0.25, 0.3) is 0 Å². The number of ether oxygens (including phenoxy) is 4. The normalized spacial score (nSPS) is 30.4. The highest BCUT2D eigenvalue weighted by Crippen LogP contribution is 2.28. The summed E-state index contributed by atoms with van der Waals surface area (Å²) in [7, 11) is 0. The standard InChI is InChI=1S/C25H30O11/c1-13(2)23(36-19(28)8-5-14-3-6-16(27)7-4-14)17-11-15(24(32)34-17)9-10-33-25-22(31)21(30)20(29)18(12-26)35-25/h3-9,17-18,20-23,25-27,29-31H,1,10-12H2,2H3/b8-5+,15-9-/t17-,18+,20+,21-,22+,23-,25+/m0/s1. The molecule has 0 radical (unpaired) electrons. The highest BCUT2D eigenvalue weighted by atomic mass is 16.7. The Kier molecular flexibility index (Phi) is 9.37. The lowest BCUT2D eigenvalue weighted by Gasteiger charge is -2.39. The zero-order valence-corrected chi connectivity index (χ0v) is 19.6. The third kappa shape index (κ3) is 6.78. The lowest BCUT2D eigenvalue weighted by molar-refractivity contribution is -0.298.